The van der Waals surface area contributed by atoms with Gasteiger partial charge in [0.25, 0.3) is 8.32 Å². The first-order valence-electron chi connectivity index (χ1n) is 15.0. The molecule has 0 aromatic heterocycles. The Balaban J connectivity index is 1.74. The van der Waals surface area contributed by atoms with E-state index in [4.69, 9.17) is 4.43 Å². The van der Waals surface area contributed by atoms with Gasteiger partial charge in [-0.25, -0.2) is 0 Å². The highest BCUT2D eigenvalue weighted by Crippen LogP contribution is 2.54. The smallest absolute Gasteiger partial charge is 0.250 e. The van der Waals surface area contributed by atoms with Crippen LogP contribution >= 0.6 is 0 Å². The maximum Gasteiger partial charge on any atom is 0.250 e. The third kappa shape index (κ3) is 5.26. The number of rotatable bonds is 6. The molecule has 0 saturated carbocycles. The highest BCUT2D eigenvalue weighted by molar-refractivity contribution is 6.82. The van der Waals surface area contributed by atoms with E-state index in [1.165, 1.54) is 22.7 Å². The molecule has 2 aliphatic carbocycles. The standard InChI is InChI=1S/C35H54OSi3/c1-24-21-29-26(23-37(9,10)34(3,4)5)17-15-18-27(29)32(24)38(11,12)33-25(2)22-30-28(33)19-16-20-31(30)36-39(13,14)35(6,7)8/h15-22,32-33H,23H2,1-14H3. The van der Waals surface area contributed by atoms with Gasteiger partial charge in [0, 0.05) is 16.6 Å². The van der Waals surface area contributed by atoms with E-state index in [-0.39, 0.29) is 5.04 Å². The van der Waals surface area contributed by atoms with Crippen LogP contribution in [0.2, 0.25) is 49.4 Å². The normalized spacial score (nSPS) is 19.9. The van der Waals surface area contributed by atoms with Crippen molar-refractivity contribution in [1.82, 2.24) is 0 Å². The lowest BCUT2D eigenvalue weighted by Crippen LogP contribution is -2.44. The number of allylic oxidation sites excluding steroid dienone is 2. The third-order valence-electron chi connectivity index (χ3n) is 10.9. The fraction of sp³-hybridized carbons (Fsp3) is 0.543. The second-order valence-corrected chi connectivity index (χ2v) is 31.5. The summed E-state index contributed by atoms with van der Waals surface area (Å²) in [6.45, 7) is 34.2. The topological polar surface area (TPSA) is 9.23 Å². The van der Waals surface area contributed by atoms with Crippen molar-refractivity contribution in [3.05, 3.63) is 75.4 Å². The maximum atomic E-state index is 6.91. The van der Waals surface area contributed by atoms with E-state index in [0.29, 0.717) is 16.1 Å². The molecule has 0 N–H and O–H groups in total. The Labute approximate surface area is 243 Å². The Hall–Kier alpha value is -1.63. The number of hydrogen-bond donors (Lipinski definition) is 0. The fourth-order valence-electron chi connectivity index (χ4n) is 6.69. The van der Waals surface area contributed by atoms with E-state index in [1.807, 2.05) is 0 Å². The van der Waals surface area contributed by atoms with Crippen molar-refractivity contribution >= 4 is 36.6 Å². The molecule has 2 unspecified atom stereocenters. The van der Waals surface area contributed by atoms with Crippen LogP contribution in [0.25, 0.3) is 12.2 Å². The first kappa shape index (κ1) is 30.3. The van der Waals surface area contributed by atoms with Crippen molar-refractivity contribution in [2.45, 2.75) is 122 Å². The van der Waals surface area contributed by atoms with E-state index in [0.717, 1.165) is 5.75 Å². The zero-order valence-electron chi connectivity index (χ0n) is 27.4. The molecule has 0 heterocycles. The van der Waals surface area contributed by atoms with Crippen LogP contribution in [0.5, 0.6) is 5.75 Å². The summed E-state index contributed by atoms with van der Waals surface area (Å²) in [7, 11) is -5.24. The Morgan fingerprint density at radius 1 is 0.667 bits per heavy atom. The molecule has 4 rings (SSSR count). The van der Waals surface area contributed by atoms with Crippen LogP contribution in [0.3, 0.4) is 0 Å². The van der Waals surface area contributed by atoms with E-state index >= 15 is 0 Å². The average Bonchev–Trinajstić information content (AvgIpc) is 3.29. The molecule has 39 heavy (non-hydrogen) atoms. The van der Waals surface area contributed by atoms with Gasteiger partial charge in [0.05, 0.1) is 16.1 Å². The second kappa shape index (κ2) is 9.73. The quantitative estimate of drug-likeness (QED) is 0.312. The van der Waals surface area contributed by atoms with Crippen LogP contribution in [-0.4, -0.2) is 24.5 Å². The lowest BCUT2D eigenvalue weighted by Gasteiger charge is -2.40. The van der Waals surface area contributed by atoms with E-state index in [2.05, 4.69) is 143 Å². The molecule has 1 nitrogen and oxygen atoms in total. The molecule has 0 amide bonds. The molecular weight excluding hydrogens is 521 g/mol. The summed E-state index contributed by atoms with van der Waals surface area (Å²) in [5.74, 6) is 1.10. The monoisotopic (exact) mass is 574 g/mol. The lowest BCUT2D eigenvalue weighted by molar-refractivity contribution is 0.491. The van der Waals surface area contributed by atoms with Gasteiger partial charge in [0.1, 0.15) is 5.75 Å². The molecule has 2 aromatic rings. The summed E-state index contributed by atoms with van der Waals surface area (Å²) in [5.41, 5.74) is 11.7. The molecular formula is C35H54OSi3. The van der Waals surface area contributed by atoms with Gasteiger partial charge in [-0.1, -0.05) is 121 Å². The van der Waals surface area contributed by atoms with Gasteiger partial charge in [-0.05, 0) is 71.4 Å². The number of hydrogen-bond acceptors (Lipinski definition) is 1. The molecule has 212 valence electrons. The highest BCUT2D eigenvalue weighted by Gasteiger charge is 2.48. The first-order chi connectivity index (χ1) is 17.7. The van der Waals surface area contributed by atoms with Gasteiger partial charge >= 0.3 is 0 Å². The van der Waals surface area contributed by atoms with Crippen LogP contribution in [0.1, 0.15) is 94.3 Å². The minimum atomic E-state index is -1.93. The molecule has 2 aliphatic rings. The Morgan fingerprint density at radius 2 is 1.15 bits per heavy atom. The Kier molecular flexibility index (Phi) is 7.57. The summed E-state index contributed by atoms with van der Waals surface area (Å²) in [6, 6.07) is 15.3. The van der Waals surface area contributed by atoms with Crippen LogP contribution in [0, 0.1) is 0 Å². The molecule has 0 fully saturated rings. The third-order valence-corrected chi connectivity index (χ3v) is 25.1. The van der Waals surface area contributed by atoms with Gasteiger partial charge in [-0.3, -0.25) is 0 Å². The van der Waals surface area contributed by atoms with Crippen molar-refractivity contribution in [1.29, 1.82) is 0 Å². The van der Waals surface area contributed by atoms with Gasteiger partial charge in [-0.2, -0.15) is 0 Å². The largest absolute Gasteiger partial charge is 0.543 e. The van der Waals surface area contributed by atoms with Crippen LogP contribution in [0.4, 0.5) is 0 Å². The highest BCUT2D eigenvalue weighted by atomic mass is 28.4. The molecule has 4 heteroatoms. The lowest BCUT2D eigenvalue weighted by atomic mass is 10.0. The zero-order chi connectivity index (χ0) is 29.3. The van der Waals surface area contributed by atoms with Gasteiger partial charge < -0.3 is 4.43 Å². The molecule has 0 spiro atoms. The molecule has 0 radical (unpaired) electrons. The number of benzene rings is 2. The van der Waals surface area contributed by atoms with Crippen molar-refractivity contribution in [2.24, 2.45) is 0 Å². The molecule has 0 aliphatic heterocycles. The minimum Gasteiger partial charge on any atom is -0.543 e. The van der Waals surface area contributed by atoms with Crippen LogP contribution in [0.15, 0.2) is 47.5 Å². The van der Waals surface area contributed by atoms with Crippen molar-refractivity contribution < 1.29 is 4.43 Å². The summed E-state index contributed by atoms with van der Waals surface area (Å²) in [4.78, 5) is 0. The van der Waals surface area contributed by atoms with Crippen molar-refractivity contribution in [3.8, 4) is 5.75 Å². The average molecular weight is 575 g/mol. The van der Waals surface area contributed by atoms with Gasteiger partial charge in [0.2, 0.25) is 0 Å². The Morgan fingerprint density at radius 3 is 1.67 bits per heavy atom. The Bertz CT molecular complexity index is 1230. The van der Waals surface area contributed by atoms with E-state index in [9.17, 15) is 0 Å². The molecule has 0 saturated heterocycles. The molecule has 2 atom stereocenters. The summed E-state index contributed by atoms with van der Waals surface area (Å²) < 4.78 is 6.91. The van der Waals surface area contributed by atoms with E-state index in [1.54, 1.807) is 22.3 Å². The summed E-state index contributed by atoms with van der Waals surface area (Å²) >= 11 is 0. The molecule has 0 bridgehead atoms. The van der Waals surface area contributed by atoms with Crippen molar-refractivity contribution in [3.63, 3.8) is 0 Å². The van der Waals surface area contributed by atoms with E-state index < -0.39 is 24.5 Å². The zero-order valence-corrected chi connectivity index (χ0v) is 30.4. The van der Waals surface area contributed by atoms with Crippen molar-refractivity contribution in [2.75, 3.05) is 0 Å². The fourth-order valence-corrected chi connectivity index (χ4v) is 14.5. The summed E-state index contributed by atoms with van der Waals surface area (Å²) in [5, 5.41) is 0.568. The van der Waals surface area contributed by atoms with Gasteiger partial charge in [-0.15, -0.1) is 0 Å². The predicted molar refractivity (Wildman–Crippen MR) is 182 cm³/mol. The minimum absolute atomic E-state index is 0.179. The van der Waals surface area contributed by atoms with Gasteiger partial charge in [0.15, 0.2) is 0 Å². The summed E-state index contributed by atoms with van der Waals surface area (Å²) in [6.07, 6.45) is 5.02. The first-order valence-corrected chi connectivity index (χ1v) is 24.3. The van der Waals surface area contributed by atoms with Crippen LogP contribution < -0.4 is 4.43 Å². The molecule has 2 aromatic carbocycles. The number of fused-ring (bicyclic) bond motifs is 2. The maximum absolute atomic E-state index is 6.91. The SMILES string of the molecule is CC1=Cc2c(C[Si](C)(C)C(C)(C)C)cccc2C1[Si](C)(C)C1C(C)=Cc2c(O[Si](C)(C)C(C)(C)C)cccc21. The predicted octanol–water partition coefficient (Wildman–Crippen LogP) is 11.1. The van der Waals surface area contributed by atoms with Crippen LogP contribution in [-0.2, 0) is 6.04 Å². The second-order valence-electron chi connectivity index (χ2n) is 16.3.